The molecule has 2 heterocycles. The van der Waals surface area contributed by atoms with E-state index < -0.39 is 66.9 Å². The third-order valence-corrected chi connectivity index (χ3v) is 5.87. The van der Waals surface area contributed by atoms with E-state index in [2.05, 4.69) is 4.98 Å². The van der Waals surface area contributed by atoms with Crippen LogP contribution in [0.5, 0.6) is 5.75 Å². The third-order valence-electron chi connectivity index (χ3n) is 4.91. The number of methoxy groups -OCH3 is 2. The third kappa shape index (κ3) is 4.78. The number of fused-ring (bicyclic) bond motifs is 1. The Hall–Kier alpha value is -3.20. The molecule has 7 nitrogen and oxygen atoms in total. The highest BCUT2D eigenvalue weighted by atomic mass is 32.1. The Morgan fingerprint density at radius 3 is 2.82 bits per heavy atom. The average Bonchev–Trinajstić information content (AvgIpc) is 3.59. The summed E-state index contributed by atoms with van der Waals surface area (Å²) < 4.78 is 85.3. The second-order valence-electron chi connectivity index (χ2n) is 6.83. The van der Waals surface area contributed by atoms with E-state index in [9.17, 15) is 9.90 Å². The Morgan fingerprint density at radius 1 is 1.27 bits per heavy atom. The maximum atomic E-state index is 12.0. The van der Waals surface area contributed by atoms with Crippen LogP contribution in [0.1, 0.15) is 34.1 Å². The molecule has 0 aliphatic rings. The van der Waals surface area contributed by atoms with Crippen molar-refractivity contribution in [3.8, 4) is 17.2 Å². The van der Waals surface area contributed by atoms with Gasteiger partial charge in [0.05, 0.1) is 26.3 Å². The molecule has 8 heteroatoms. The van der Waals surface area contributed by atoms with E-state index in [4.69, 9.17) is 29.6 Å². The zero-order valence-corrected chi connectivity index (χ0v) is 18.5. The van der Waals surface area contributed by atoms with E-state index in [0.717, 1.165) is 0 Å². The lowest BCUT2D eigenvalue weighted by atomic mass is 10.0. The lowest BCUT2D eigenvalue weighted by molar-refractivity contribution is -0.159. The van der Waals surface area contributed by atoms with E-state index in [1.807, 2.05) is 0 Å². The van der Waals surface area contributed by atoms with Crippen molar-refractivity contribution in [3.05, 3.63) is 70.8 Å². The second kappa shape index (κ2) is 10.2. The molecule has 0 bridgehead atoms. The monoisotopic (exact) mass is 475 g/mol. The van der Waals surface area contributed by atoms with Gasteiger partial charge in [-0.2, -0.15) is 0 Å². The van der Waals surface area contributed by atoms with Gasteiger partial charge in [-0.15, -0.1) is 11.3 Å². The van der Waals surface area contributed by atoms with Crippen LogP contribution in [-0.2, 0) is 20.7 Å². The fourth-order valence-corrected chi connectivity index (χ4v) is 4.25. The standard InChI is InChI=1S/C25H25NO6S/c1-15-19(26-24(32-15)16-7-5-4-6-8-16)11-13-31-20-10-9-18(23-17(20)12-14-33-23)21(27)22(29-2)25(28)30-3/h4-10,12,14,21-22,27H,11,13H2,1-3H3/i1D3,4D,5D,6D,7D,8D. The average molecular weight is 476 g/mol. The molecule has 2 atom stereocenters. The number of aryl methyl sites for hydroxylation is 1. The van der Waals surface area contributed by atoms with Gasteiger partial charge in [0.15, 0.2) is 6.10 Å². The van der Waals surface area contributed by atoms with Crippen LogP contribution in [0.25, 0.3) is 21.5 Å². The summed E-state index contributed by atoms with van der Waals surface area (Å²) in [6, 6.07) is 2.03. The number of rotatable bonds is 9. The summed E-state index contributed by atoms with van der Waals surface area (Å²) in [6.07, 6.45) is -2.58. The molecular formula is C25H25NO6S. The van der Waals surface area contributed by atoms with Gasteiger partial charge in [0.2, 0.25) is 5.89 Å². The minimum absolute atomic E-state index is 0.0126. The smallest absolute Gasteiger partial charge is 0.338 e. The topological polar surface area (TPSA) is 91.0 Å². The number of benzene rings is 2. The molecule has 2 unspecified atom stereocenters. The highest BCUT2D eigenvalue weighted by Crippen LogP contribution is 2.37. The van der Waals surface area contributed by atoms with Crippen molar-refractivity contribution in [2.45, 2.75) is 25.5 Å². The summed E-state index contributed by atoms with van der Waals surface area (Å²) in [7, 11) is 2.48. The molecule has 0 aliphatic heterocycles. The number of ether oxygens (including phenoxy) is 3. The van der Waals surface area contributed by atoms with E-state index in [0.29, 0.717) is 21.4 Å². The maximum Gasteiger partial charge on any atom is 0.338 e. The quantitative estimate of drug-likeness (QED) is 0.351. The van der Waals surface area contributed by atoms with Crippen molar-refractivity contribution in [3.63, 3.8) is 0 Å². The van der Waals surface area contributed by atoms with Gasteiger partial charge in [-0.05, 0) is 36.4 Å². The summed E-state index contributed by atoms with van der Waals surface area (Å²) in [5, 5.41) is 13.2. The van der Waals surface area contributed by atoms with E-state index in [-0.39, 0.29) is 24.3 Å². The molecule has 0 spiro atoms. The lowest BCUT2D eigenvalue weighted by Gasteiger charge is -2.20. The number of aliphatic hydroxyl groups excluding tert-OH is 1. The van der Waals surface area contributed by atoms with Gasteiger partial charge in [-0.1, -0.05) is 24.2 Å². The molecule has 4 aromatic rings. The highest BCUT2D eigenvalue weighted by molar-refractivity contribution is 7.17. The largest absolute Gasteiger partial charge is 0.493 e. The first kappa shape index (κ1) is 14.8. The Bertz CT molecular complexity index is 1570. The van der Waals surface area contributed by atoms with Crippen molar-refractivity contribution in [1.29, 1.82) is 0 Å². The molecule has 2 aromatic carbocycles. The minimum atomic E-state index is -2.73. The second-order valence-corrected chi connectivity index (χ2v) is 7.75. The van der Waals surface area contributed by atoms with Gasteiger partial charge in [-0.3, -0.25) is 0 Å². The molecule has 1 N–H and O–H groups in total. The minimum Gasteiger partial charge on any atom is -0.493 e. The molecule has 0 saturated heterocycles. The van der Waals surface area contributed by atoms with Crippen LogP contribution in [0.3, 0.4) is 0 Å². The Balaban J connectivity index is 1.62. The summed E-state index contributed by atoms with van der Waals surface area (Å²) in [6.45, 7) is -2.78. The van der Waals surface area contributed by atoms with Crippen molar-refractivity contribution < 1.29 is 39.5 Å². The van der Waals surface area contributed by atoms with Gasteiger partial charge in [0.1, 0.15) is 17.6 Å². The summed E-state index contributed by atoms with van der Waals surface area (Å²) in [5.41, 5.74) is 0.0783. The number of esters is 1. The number of oxazole rings is 1. The number of thiophene rings is 1. The number of hydrogen-bond donors (Lipinski definition) is 1. The fourth-order valence-electron chi connectivity index (χ4n) is 3.29. The molecule has 33 heavy (non-hydrogen) atoms. The first-order valence-electron chi connectivity index (χ1n) is 13.8. The van der Waals surface area contributed by atoms with Crippen LogP contribution in [0.2, 0.25) is 0 Å². The van der Waals surface area contributed by atoms with Crippen LogP contribution in [-0.4, -0.2) is 43.0 Å². The summed E-state index contributed by atoms with van der Waals surface area (Å²) >= 11 is 1.32. The Morgan fingerprint density at radius 2 is 2.09 bits per heavy atom. The van der Waals surface area contributed by atoms with Crippen LogP contribution in [0.15, 0.2) is 58.2 Å². The first-order valence-corrected chi connectivity index (χ1v) is 10.7. The normalized spacial score (nSPS) is 16.9. The molecule has 0 amide bonds. The van der Waals surface area contributed by atoms with Crippen LogP contribution in [0, 0.1) is 6.85 Å². The highest BCUT2D eigenvalue weighted by Gasteiger charge is 2.30. The van der Waals surface area contributed by atoms with Crippen molar-refractivity contribution >= 4 is 27.4 Å². The predicted molar refractivity (Wildman–Crippen MR) is 125 cm³/mol. The van der Waals surface area contributed by atoms with Gasteiger partial charge >= 0.3 is 5.97 Å². The fraction of sp³-hybridized carbons (Fsp3) is 0.280. The lowest BCUT2D eigenvalue weighted by Crippen LogP contribution is -2.31. The number of carbonyl (C=O) groups excluding carboxylic acids is 1. The van der Waals surface area contributed by atoms with Crippen LogP contribution < -0.4 is 4.74 Å². The molecular weight excluding hydrogens is 442 g/mol. The molecule has 0 saturated carbocycles. The van der Waals surface area contributed by atoms with Gasteiger partial charge in [0, 0.05) is 38.9 Å². The van der Waals surface area contributed by atoms with Crippen LogP contribution >= 0.6 is 11.3 Å². The SMILES string of the molecule is [2H]c1c([2H])c([2H])c(-c2nc(CCOc3ccc(C(O)C(OC)C(=O)OC)c4sccc34)c(C([2H])([2H])[2H])o2)c([2H])c1[2H]. The van der Waals surface area contributed by atoms with Crippen molar-refractivity contribution in [2.75, 3.05) is 20.8 Å². The van der Waals surface area contributed by atoms with Gasteiger partial charge in [-0.25, -0.2) is 9.78 Å². The first-order chi connectivity index (χ1) is 19.3. The number of aromatic nitrogens is 1. The molecule has 4 rings (SSSR count). The molecule has 0 fully saturated rings. The molecule has 172 valence electrons. The van der Waals surface area contributed by atoms with E-state index >= 15 is 0 Å². The number of carbonyl (C=O) groups is 1. The van der Waals surface area contributed by atoms with Crippen molar-refractivity contribution in [2.24, 2.45) is 0 Å². The summed E-state index contributed by atoms with van der Waals surface area (Å²) in [4.78, 5) is 16.2. The summed E-state index contributed by atoms with van der Waals surface area (Å²) in [5.74, 6) is -1.19. The van der Waals surface area contributed by atoms with Gasteiger partial charge in [0.25, 0.3) is 0 Å². The zero-order chi connectivity index (χ0) is 30.2. The van der Waals surface area contributed by atoms with E-state index in [1.165, 1.54) is 25.6 Å². The molecule has 0 radical (unpaired) electrons. The maximum absolute atomic E-state index is 12.0. The molecule has 0 aliphatic carbocycles. The Labute approximate surface area is 206 Å². The number of aliphatic hydroxyl groups is 1. The number of hydrogen-bond acceptors (Lipinski definition) is 8. The Kier molecular flexibility index (Phi) is 4.57. The van der Waals surface area contributed by atoms with Gasteiger partial charge < -0.3 is 23.7 Å². The number of nitrogens with zero attached hydrogens (tertiary/aromatic N) is 1. The molecule has 2 aromatic heterocycles. The predicted octanol–water partition coefficient (Wildman–Crippen LogP) is 4.71. The van der Waals surface area contributed by atoms with E-state index in [1.54, 1.807) is 23.6 Å². The van der Waals surface area contributed by atoms with Crippen molar-refractivity contribution in [1.82, 2.24) is 4.98 Å². The zero-order valence-electron chi connectivity index (χ0n) is 25.7. The van der Waals surface area contributed by atoms with Crippen LogP contribution in [0.4, 0.5) is 0 Å².